The Morgan fingerprint density at radius 3 is 2.67 bits per heavy atom. The lowest BCUT2D eigenvalue weighted by atomic mass is 9.83. The first kappa shape index (κ1) is 15.5. The fourth-order valence-electron chi connectivity index (χ4n) is 2.16. The highest BCUT2D eigenvalue weighted by Gasteiger charge is 2.21. The Morgan fingerprint density at radius 2 is 2.05 bits per heavy atom. The van der Waals surface area contributed by atoms with E-state index in [1.165, 1.54) is 6.07 Å². The molecule has 1 aromatic carbocycles. The summed E-state index contributed by atoms with van der Waals surface area (Å²) in [6.45, 7) is 4.10. The van der Waals surface area contributed by atoms with Gasteiger partial charge in [0.15, 0.2) is 0 Å². The van der Waals surface area contributed by atoms with Crippen LogP contribution in [0.1, 0.15) is 30.6 Å². The molecular formula is C16H16BrNO3. The third-order valence-corrected chi connectivity index (χ3v) is 3.70. The molecule has 21 heavy (non-hydrogen) atoms. The van der Waals surface area contributed by atoms with E-state index in [0.717, 1.165) is 6.42 Å². The second-order valence-corrected chi connectivity index (χ2v) is 6.56. The largest absolute Gasteiger partial charge is 0.478 e. The molecule has 1 aliphatic carbocycles. The number of rotatable bonds is 3. The van der Waals surface area contributed by atoms with Gasteiger partial charge in [-0.05, 0) is 30.0 Å². The zero-order valence-electron chi connectivity index (χ0n) is 11.8. The first-order valence-electron chi connectivity index (χ1n) is 6.52. The minimum Gasteiger partial charge on any atom is -0.478 e. The van der Waals surface area contributed by atoms with Gasteiger partial charge in [-0.2, -0.15) is 0 Å². The second kappa shape index (κ2) is 5.85. The van der Waals surface area contributed by atoms with Gasteiger partial charge in [0.25, 0.3) is 5.91 Å². The molecule has 0 spiro atoms. The maximum absolute atomic E-state index is 12.3. The molecule has 1 amide bonds. The number of hydrogen-bond acceptors (Lipinski definition) is 2. The summed E-state index contributed by atoms with van der Waals surface area (Å²) >= 11 is 3.22. The van der Waals surface area contributed by atoms with Crippen molar-refractivity contribution in [3.05, 3.63) is 52.0 Å². The molecule has 0 saturated carbocycles. The van der Waals surface area contributed by atoms with Crippen LogP contribution in [0.3, 0.4) is 0 Å². The Bertz CT molecular complexity index is 659. The van der Waals surface area contributed by atoms with Gasteiger partial charge in [-0.3, -0.25) is 4.79 Å². The molecule has 0 aromatic heterocycles. The van der Waals surface area contributed by atoms with E-state index in [1.54, 1.807) is 18.2 Å². The number of carbonyl (C=O) groups is 2. The number of carboxylic acid groups (broad SMARTS) is 1. The minimum atomic E-state index is -1.08. The van der Waals surface area contributed by atoms with E-state index in [0.29, 0.717) is 10.0 Å². The molecule has 0 radical (unpaired) electrons. The van der Waals surface area contributed by atoms with Crippen molar-refractivity contribution in [3.8, 4) is 0 Å². The van der Waals surface area contributed by atoms with Gasteiger partial charge in [0.1, 0.15) is 0 Å². The monoisotopic (exact) mass is 349 g/mol. The van der Waals surface area contributed by atoms with Crippen LogP contribution in [0.5, 0.6) is 0 Å². The first-order chi connectivity index (χ1) is 9.78. The second-order valence-electron chi connectivity index (χ2n) is 5.64. The van der Waals surface area contributed by atoms with Crippen molar-refractivity contribution in [1.29, 1.82) is 0 Å². The highest BCUT2D eigenvalue weighted by molar-refractivity contribution is 9.10. The number of carbonyl (C=O) groups excluding carboxylic acids is 1. The number of benzene rings is 1. The first-order valence-corrected chi connectivity index (χ1v) is 7.31. The molecule has 5 heteroatoms. The van der Waals surface area contributed by atoms with E-state index in [1.807, 2.05) is 26.0 Å². The van der Waals surface area contributed by atoms with E-state index in [9.17, 15) is 14.7 Å². The van der Waals surface area contributed by atoms with Crippen molar-refractivity contribution < 1.29 is 14.7 Å². The van der Waals surface area contributed by atoms with Crippen LogP contribution in [0, 0.1) is 5.41 Å². The minimum absolute atomic E-state index is 0.0531. The Labute approximate surface area is 131 Å². The molecule has 0 saturated heterocycles. The Kier molecular flexibility index (Phi) is 4.32. The van der Waals surface area contributed by atoms with Gasteiger partial charge >= 0.3 is 5.97 Å². The molecule has 110 valence electrons. The van der Waals surface area contributed by atoms with Crippen LogP contribution in [0.4, 0.5) is 5.69 Å². The summed E-state index contributed by atoms with van der Waals surface area (Å²) in [5.41, 5.74) is 0.813. The lowest BCUT2D eigenvalue weighted by molar-refractivity contribution is -0.112. The number of amides is 1. The van der Waals surface area contributed by atoms with Crippen molar-refractivity contribution in [1.82, 2.24) is 0 Å². The molecule has 0 aliphatic heterocycles. The molecule has 0 unspecified atom stereocenters. The summed E-state index contributed by atoms with van der Waals surface area (Å²) in [6.07, 6.45) is 6.50. The summed E-state index contributed by atoms with van der Waals surface area (Å²) < 4.78 is 0.649. The topological polar surface area (TPSA) is 66.4 Å². The highest BCUT2D eigenvalue weighted by Crippen LogP contribution is 2.29. The summed E-state index contributed by atoms with van der Waals surface area (Å²) in [6, 6.07) is 4.73. The standard InChI is InChI=1S/C16H16BrNO3/c1-16(2)7-3-4-10(9-16)14(19)18-13-6-5-11(17)8-12(13)15(20)21/h3-6,8-9H,7H2,1-2H3,(H,18,19)(H,20,21). The molecule has 2 rings (SSSR count). The van der Waals surface area contributed by atoms with Gasteiger partial charge in [-0.25, -0.2) is 4.79 Å². The van der Waals surface area contributed by atoms with Crippen molar-refractivity contribution in [2.45, 2.75) is 20.3 Å². The molecule has 0 bridgehead atoms. The number of nitrogens with one attached hydrogen (secondary N) is 1. The lowest BCUT2D eigenvalue weighted by Gasteiger charge is -2.23. The molecule has 0 heterocycles. The predicted molar refractivity (Wildman–Crippen MR) is 85.4 cm³/mol. The summed E-state index contributed by atoms with van der Waals surface area (Å²) in [7, 11) is 0. The summed E-state index contributed by atoms with van der Waals surface area (Å²) in [5, 5.41) is 11.9. The van der Waals surface area contributed by atoms with Crippen LogP contribution < -0.4 is 5.32 Å². The van der Waals surface area contributed by atoms with E-state index in [4.69, 9.17) is 0 Å². The van der Waals surface area contributed by atoms with E-state index >= 15 is 0 Å². The SMILES string of the molecule is CC1(C)C=C(C(=O)Nc2ccc(Br)cc2C(=O)O)C=CC1. The third kappa shape index (κ3) is 3.82. The number of halogens is 1. The maximum atomic E-state index is 12.3. The van der Waals surface area contributed by atoms with Gasteiger partial charge in [-0.1, -0.05) is 48.0 Å². The molecule has 1 aromatic rings. The predicted octanol–water partition coefficient (Wildman–Crippen LogP) is 4.00. The summed E-state index contributed by atoms with van der Waals surface area (Å²) in [5.74, 6) is -1.39. The van der Waals surface area contributed by atoms with E-state index < -0.39 is 5.97 Å². The number of anilines is 1. The van der Waals surface area contributed by atoms with Crippen molar-refractivity contribution in [2.24, 2.45) is 5.41 Å². The molecular weight excluding hydrogens is 334 g/mol. The molecule has 0 fully saturated rings. The highest BCUT2D eigenvalue weighted by atomic mass is 79.9. The van der Waals surface area contributed by atoms with Gasteiger partial charge < -0.3 is 10.4 Å². The van der Waals surface area contributed by atoms with Crippen molar-refractivity contribution in [3.63, 3.8) is 0 Å². The van der Waals surface area contributed by atoms with Crippen LogP contribution in [0.15, 0.2) is 46.5 Å². The zero-order valence-corrected chi connectivity index (χ0v) is 13.4. The Morgan fingerprint density at radius 1 is 1.33 bits per heavy atom. The number of hydrogen-bond donors (Lipinski definition) is 2. The Balaban J connectivity index is 2.27. The third-order valence-electron chi connectivity index (χ3n) is 3.21. The van der Waals surface area contributed by atoms with E-state index in [-0.39, 0.29) is 22.6 Å². The molecule has 4 nitrogen and oxygen atoms in total. The van der Waals surface area contributed by atoms with Crippen LogP contribution in [0.2, 0.25) is 0 Å². The zero-order chi connectivity index (χ0) is 15.6. The summed E-state index contributed by atoms with van der Waals surface area (Å²) in [4.78, 5) is 23.5. The molecule has 0 atom stereocenters. The molecule has 2 N–H and O–H groups in total. The average Bonchev–Trinajstić information content (AvgIpc) is 2.39. The van der Waals surface area contributed by atoms with Crippen molar-refractivity contribution in [2.75, 3.05) is 5.32 Å². The fourth-order valence-corrected chi connectivity index (χ4v) is 2.52. The van der Waals surface area contributed by atoms with Crippen LogP contribution >= 0.6 is 15.9 Å². The van der Waals surface area contributed by atoms with Gasteiger partial charge in [-0.15, -0.1) is 0 Å². The maximum Gasteiger partial charge on any atom is 0.337 e. The molecule has 1 aliphatic rings. The van der Waals surface area contributed by atoms with Crippen LogP contribution in [0.25, 0.3) is 0 Å². The Hall–Kier alpha value is -1.88. The number of allylic oxidation sites excluding steroid dienone is 2. The fraction of sp³-hybridized carbons (Fsp3) is 0.250. The smallest absolute Gasteiger partial charge is 0.337 e. The van der Waals surface area contributed by atoms with Crippen LogP contribution in [-0.2, 0) is 4.79 Å². The van der Waals surface area contributed by atoms with Crippen molar-refractivity contribution >= 4 is 33.5 Å². The van der Waals surface area contributed by atoms with Gasteiger partial charge in [0.05, 0.1) is 11.3 Å². The van der Waals surface area contributed by atoms with Gasteiger partial charge in [0, 0.05) is 10.0 Å². The number of aromatic carboxylic acids is 1. The quantitative estimate of drug-likeness (QED) is 0.866. The lowest BCUT2D eigenvalue weighted by Crippen LogP contribution is -2.20. The van der Waals surface area contributed by atoms with Crippen LogP contribution in [-0.4, -0.2) is 17.0 Å². The average molecular weight is 350 g/mol. The van der Waals surface area contributed by atoms with E-state index in [2.05, 4.69) is 21.2 Å². The normalized spacial score (nSPS) is 16.2. The van der Waals surface area contributed by atoms with Gasteiger partial charge in [0.2, 0.25) is 0 Å². The number of carboxylic acids is 1.